The van der Waals surface area contributed by atoms with E-state index in [0.29, 0.717) is 34.9 Å². The molecule has 2 amide bonds. The van der Waals surface area contributed by atoms with Crippen molar-refractivity contribution < 1.29 is 23.8 Å². The number of anilines is 1. The zero-order chi connectivity index (χ0) is 24.6. The van der Waals surface area contributed by atoms with Crippen molar-refractivity contribution in [2.24, 2.45) is 11.7 Å². The maximum absolute atomic E-state index is 14.9. The third kappa shape index (κ3) is 4.94. The second kappa shape index (κ2) is 9.36. The fourth-order valence-electron chi connectivity index (χ4n) is 3.79. The van der Waals surface area contributed by atoms with Crippen LogP contribution in [0.5, 0.6) is 0 Å². The van der Waals surface area contributed by atoms with Gasteiger partial charge < -0.3 is 25.8 Å². The average Bonchev–Trinajstić information content (AvgIpc) is 3.16. The number of hydrogen-bond donors (Lipinski definition) is 3. The number of nitrogens with two attached hydrogens (primary N) is 1. The van der Waals surface area contributed by atoms with Gasteiger partial charge in [-0.15, -0.1) is 0 Å². The minimum atomic E-state index is -1.18. The third-order valence-corrected chi connectivity index (χ3v) is 7.18. The quantitative estimate of drug-likeness (QED) is 0.551. The van der Waals surface area contributed by atoms with Gasteiger partial charge in [-0.3, -0.25) is 9.59 Å². The summed E-state index contributed by atoms with van der Waals surface area (Å²) in [5.74, 6) is -1.57. The minimum Gasteiger partial charge on any atom is -0.386 e. The average molecular weight is 487 g/mol. The number of rotatable bonds is 7. The molecule has 34 heavy (non-hydrogen) atoms. The first-order valence-electron chi connectivity index (χ1n) is 10.8. The number of nitrogens with zero attached hydrogens (tertiary/aromatic N) is 2. The Morgan fingerprint density at radius 2 is 2.03 bits per heavy atom. The van der Waals surface area contributed by atoms with E-state index in [1.165, 1.54) is 17.8 Å². The zero-order valence-corrected chi connectivity index (χ0v) is 19.9. The summed E-state index contributed by atoms with van der Waals surface area (Å²) in [6.07, 6.45) is 1.67. The van der Waals surface area contributed by atoms with Crippen molar-refractivity contribution in [2.75, 3.05) is 25.5 Å². The van der Waals surface area contributed by atoms with Crippen LogP contribution in [0.3, 0.4) is 0 Å². The van der Waals surface area contributed by atoms with Crippen molar-refractivity contribution in [3.63, 3.8) is 0 Å². The van der Waals surface area contributed by atoms with Crippen LogP contribution in [-0.2, 0) is 15.1 Å². The summed E-state index contributed by atoms with van der Waals surface area (Å²) in [6.45, 7) is 4.19. The molecule has 2 aliphatic rings. The van der Waals surface area contributed by atoms with Crippen molar-refractivity contribution in [1.29, 1.82) is 0 Å². The van der Waals surface area contributed by atoms with Gasteiger partial charge in [0.05, 0.1) is 23.0 Å². The lowest BCUT2D eigenvalue weighted by atomic mass is 9.96. The molecule has 1 aromatic heterocycles. The number of hydrogen-bond acceptors (Lipinski definition) is 7. The van der Waals surface area contributed by atoms with E-state index >= 15 is 0 Å². The highest BCUT2D eigenvalue weighted by atomic mass is 32.2. The number of ether oxygens (including phenoxy) is 1. The number of carbonyl (C=O) groups is 2. The first kappa shape index (κ1) is 24.2. The lowest BCUT2D eigenvalue weighted by Gasteiger charge is -2.37. The van der Waals surface area contributed by atoms with E-state index in [-0.39, 0.29) is 17.7 Å². The molecule has 1 aromatic carbocycles. The molecule has 0 bridgehead atoms. The molecule has 2 aromatic rings. The van der Waals surface area contributed by atoms with Crippen LogP contribution >= 0.6 is 11.8 Å². The Morgan fingerprint density at radius 1 is 1.29 bits per heavy atom. The first-order valence-corrected chi connectivity index (χ1v) is 11.7. The van der Waals surface area contributed by atoms with E-state index < -0.39 is 28.6 Å². The Bertz CT molecular complexity index is 1140. The summed E-state index contributed by atoms with van der Waals surface area (Å²) in [7, 11) is 1.61. The Balaban J connectivity index is 1.51. The van der Waals surface area contributed by atoms with Gasteiger partial charge >= 0.3 is 0 Å². The summed E-state index contributed by atoms with van der Waals surface area (Å²) in [6, 6.07) is 9.56. The molecule has 0 aliphatic carbocycles. The number of thioether (sulfide) groups is 1. The van der Waals surface area contributed by atoms with Gasteiger partial charge in [0.1, 0.15) is 17.3 Å². The minimum absolute atomic E-state index is 0.0406. The SMILES string of the molecule is COC1CN(C(=O)c2cccc(NC3SC(c4ccc(C(C)(C)O)cc4F)=CC3C(N)=O)n2)C1. The van der Waals surface area contributed by atoms with Gasteiger partial charge in [-0.2, -0.15) is 0 Å². The summed E-state index contributed by atoms with van der Waals surface area (Å²) in [5, 5.41) is 12.8. The summed E-state index contributed by atoms with van der Waals surface area (Å²) in [4.78, 5) is 31.4. The molecule has 2 aliphatic heterocycles. The molecule has 180 valence electrons. The predicted molar refractivity (Wildman–Crippen MR) is 128 cm³/mol. The number of amides is 2. The van der Waals surface area contributed by atoms with Crippen LogP contribution in [0.2, 0.25) is 0 Å². The van der Waals surface area contributed by atoms with Gasteiger partial charge in [0.15, 0.2) is 0 Å². The normalized spacial score (nSPS) is 20.6. The standard InChI is InChI=1S/C24H27FN4O4S/c1-24(2,32)13-7-8-15(17(25)9-13)19-10-16(21(26)30)22(34-19)28-20-6-4-5-18(27-20)23(31)29-11-14(12-29)33-3/h4-10,14,16,22,32H,11-12H2,1-3H3,(H2,26,30)(H,27,28). The fraction of sp³-hybridized carbons (Fsp3) is 0.375. The zero-order valence-electron chi connectivity index (χ0n) is 19.1. The number of methoxy groups -OCH3 is 1. The van der Waals surface area contributed by atoms with Crippen molar-refractivity contribution in [3.8, 4) is 0 Å². The number of carbonyl (C=O) groups excluding carboxylic acids is 2. The van der Waals surface area contributed by atoms with E-state index in [4.69, 9.17) is 10.5 Å². The molecule has 0 radical (unpaired) electrons. The number of halogens is 1. The lowest BCUT2D eigenvalue weighted by molar-refractivity contribution is -0.120. The Kier molecular flexibility index (Phi) is 6.66. The molecule has 1 fully saturated rings. The molecule has 1 saturated heterocycles. The fourth-order valence-corrected chi connectivity index (χ4v) is 5.12. The lowest BCUT2D eigenvalue weighted by Crippen LogP contribution is -2.54. The van der Waals surface area contributed by atoms with Crippen LogP contribution in [0.25, 0.3) is 4.91 Å². The number of likely N-dealkylation sites (tertiary alicyclic amines) is 1. The van der Waals surface area contributed by atoms with Crippen LogP contribution in [-0.4, -0.2) is 58.5 Å². The number of pyridine rings is 1. The van der Waals surface area contributed by atoms with Crippen LogP contribution in [0.1, 0.15) is 35.5 Å². The summed E-state index contributed by atoms with van der Waals surface area (Å²) < 4.78 is 20.1. The van der Waals surface area contributed by atoms with Gasteiger partial charge in [0.25, 0.3) is 5.91 Å². The Morgan fingerprint density at radius 3 is 2.65 bits per heavy atom. The van der Waals surface area contributed by atoms with Crippen LogP contribution < -0.4 is 11.1 Å². The number of aliphatic hydroxyl groups is 1. The summed E-state index contributed by atoms with van der Waals surface area (Å²) in [5.41, 5.74) is 5.48. The molecule has 0 spiro atoms. The largest absolute Gasteiger partial charge is 0.386 e. The first-order chi connectivity index (χ1) is 16.1. The number of aromatic nitrogens is 1. The van der Waals surface area contributed by atoms with Crippen LogP contribution in [0.15, 0.2) is 42.5 Å². The molecular formula is C24H27FN4O4S. The van der Waals surface area contributed by atoms with Gasteiger partial charge in [-0.05, 0) is 37.6 Å². The van der Waals surface area contributed by atoms with Gasteiger partial charge in [-0.25, -0.2) is 9.37 Å². The van der Waals surface area contributed by atoms with Crippen molar-refractivity contribution >= 4 is 34.3 Å². The second-order valence-electron chi connectivity index (χ2n) is 8.87. The molecule has 8 nitrogen and oxygen atoms in total. The third-order valence-electron chi connectivity index (χ3n) is 5.91. The molecule has 4 N–H and O–H groups in total. The van der Waals surface area contributed by atoms with Gasteiger partial charge in [-0.1, -0.05) is 36.0 Å². The van der Waals surface area contributed by atoms with Crippen molar-refractivity contribution in [3.05, 3.63) is 65.1 Å². The van der Waals surface area contributed by atoms with E-state index in [0.717, 1.165) is 0 Å². The second-order valence-corrected chi connectivity index (χ2v) is 10.1. The molecular weight excluding hydrogens is 459 g/mol. The van der Waals surface area contributed by atoms with Gasteiger partial charge in [0.2, 0.25) is 5.91 Å². The number of nitrogens with one attached hydrogen (secondary N) is 1. The highest BCUT2D eigenvalue weighted by Gasteiger charge is 2.35. The summed E-state index contributed by atoms with van der Waals surface area (Å²) >= 11 is 1.26. The molecule has 3 heterocycles. The molecule has 2 atom stereocenters. The molecule has 4 rings (SSSR count). The maximum Gasteiger partial charge on any atom is 0.272 e. The monoisotopic (exact) mass is 486 g/mol. The predicted octanol–water partition coefficient (Wildman–Crippen LogP) is 2.55. The topological polar surface area (TPSA) is 118 Å². The van der Waals surface area contributed by atoms with Gasteiger partial charge in [0, 0.05) is 30.7 Å². The Labute approximate surface area is 201 Å². The van der Waals surface area contributed by atoms with E-state index in [1.807, 2.05) is 0 Å². The van der Waals surface area contributed by atoms with Crippen LogP contribution in [0.4, 0.5) is 10.2 Å². The highest BCUT2D eigenvalue weighted by molar-refractivity contribution is 8.09. The maximum atomic E-state index is 14.9. The van der Waals surface area contributed by atoms with Crippen molar-refractivity contribution in [2.45, 2.75) is 30.9 Å². The van der Waals surface area contributed by atoms with E-state index in [2.05, 4.69) is 10.3 Å². The van der Waals surface area contributed by atoms with Crippen LogP contribution in [0, 0.1) is 11.7 Å². The molecule has 0 saturated carbocycles. The Hall–Kier alpha value is -2.95. The highest BCUT2D eigenvalue weighted by Crippen LogP contribution is 2.43. The molecule has 10 heteroatoms. The van der Waals surface area contributed by atoms with E-state index in [1.54, 1.807) is 62.3 Å². The smallest absolute Gasteiger partial charge is 0.272 e. The van der Waals surface area contributed by atoms with E-state index in [9.17, 15) is 19.1 Å². The molecule has 2 unspecified atom stereocenters. The number of benzene rings is 1. The van der Waals surface area contributed by atoms with Crippen molar-refractivity contribution in [1.82, 2.24) is 9.88 Å². The number of primary amides is 1.